The fraction of sp³-hybridized carbons (Fsp3) is 0.462. The summed E-state index contributed by atoms with van der Waals surface area (Å²) in [7, 11) is 0. The molecule has 0 aromatic heterocycles. The molecule has 1 aromatic rings. The summed E-state index contributed by atoms with van der Waals surface area (Å²) in [6.45, 7) is 1.56. The van der Waals surface area contributed by atoms with Crippen molar-refractivity contribution in [3.8, 4) is 0 Å². The van der Waals surface area contributed by atoms with Crippen LogP contribution in [0.15, 0.2) is 24.3 Å². The lowest BCUT2D eigenvalue weighted by atomic mass is 10.1. The van der Waals surface area contributed by atoms with Gasteiger partial charge >= 0.3 is 0 Å². The molecule has 2 aliphatic heterocycles. The normalized spacial score (nSPS) is 28.1. The highest BCUT2D eigenvalue weighted by molar-refractivity contribution is 5.81. The van der Waals surface area contributed by atoms with Gasteiger partial charge in [0.1, 0.15) is 12.0 Å². The third-order valence-electron chi connectivity index (χ3n) is 3.48. The first-order chi connectivity index (χ1) is 8.75. The highest BCUT2D eigenvalue weighted by Gasteiger charge is 2.38. The van der Waals surface area contributed by atoms with E-state index in [0.29, 0.717) is 19.8 Å². The Kier molecular flexibility index (Phi) is 3.01. The van der Waals surface area contributed by atoms with Gasteiger partial charge in [-0.15, -0.1) is 0 Å². The van der Waals surface area contributed by atoms with E-state index in [1.807, 2.05) is 6.07 Å². The topological polar surface area (TPSA) is 41.6 Å². The van der Waals surface area contributed by atoms with Crippen molar-refractivity contribution in [1.82, 2.24) is 10.2 Å². The molecular formula is C13H15FN2O2. The van der Waals surface area contributed by atoms with Gasteiger partial charge in [-0.3, -0.25) is 10.1 Å². The summed E-state index contributed by atoms with van der Waals surface area (Å²) in [6, 6.07) is 6.48. The number of nitrogens with zero attached hydrogens (tertiary/aromatic N) is 1. The van der Waals surface area contributed by atoms with Crippen LogP contribution in [-0.2, 0) is 9.53 Å². The summed E-state index contributed by atoms with van der Waals surface area (Å²) >= 11 is 0. The summed E-state index contributed by atoms with van der Waals surface area (Å²) in [5.74, 6) is -0.226. The van der Waals surface area contributed by atoms with E-state index in [-0.39, 0.29) is 23.9 Å². The van der Waals surface area contributed by atoms with Crippen molar-refractivity contribution in [2.45, 2.75) is 18.6 Å². The molecule has 2 atom stereocenters. The number of ether oxygens (including phenoxy) is 1. The summed E-state index contributed by atoms with van der Waals surface area (Å²) in [5, 5.41) is 3.13. The van der Waals surface area contributed by atoms with Gasteiger partial charge in [0.2, 0.25) is 5.91 Å². The van der Waals surface area contributed by atoms with Gasteiger partial charge in [-0.25, -0.2) is 4.39 Å². The molecular weight excluding hydrogens is 235 g/mol. The van der Waals surface area contributed by atoms with Crippen LogP contribution in [0.25, 0.3) is 0 Å². The Morgan fingerprint density at radius 3 is 3.06 bits per heavy atom. The monoisotopic (exact) mass is 250 g/mol. The van der Waals surface area contributed by atoms with E-state index in [1.54, 1.807) is 11.0 Å². The summed E-state index contributed by atoms with van der Waals surface area (Å²) in [6.07, 6.45) is 0.610. The van der Waals surface area contributed by atoms with Gasteiger partial charge in [-0.2, -0.15) is 0 Å². The standard InChI is InChI=1S/C13H15FN2O2/c14-10-3-1-2-9(6-10)13-15-7-12(17)16(13)11-4-5-18-8-11/h1-3,6,11,13,15H,4-5,7-8H2. The molecule has 0 saturated carbocycles. The predicted octanol–water partition coefficient (Wildman–Crippen LogP) is 1.05. The van der Waals surface area contributed by atoms with Crippen molar-refractivity contribution in [1.29, 1.82) is 0 Å². The summed E-state index contributed by atoms with van der Waals surface area (Å²) in [4.78, 5) is 13.7. The van der Waals surface area contributed by atoms with Crippen molar-refractivity contribution >= 4 is 5.91 Å². The first-order valence-corrected chi connectivity index (χ1v) is 6.13. The maximum Gasteiger partial charge on any atom is 0.238 e. The van der Waals surface area contributed by atoms with Gasteiger partial charge < -0.3 is 9.64 Å². The SMILES string of the molecule is O=C1CNC(c2cccc(F)c2)N1C1CCOC1. The molecule has 18 heavy (non-hydrogen) atoms. The van der Waals surface area contributed by atoms with E-state index in [4.69, 9.17) is 4.74 Å². The fourth-order valence-electron chi connectivity index (χ4n) is 2.63. The Morgan fingerprint density at radius 1 is 1.44 bits per heavy atom. The molecule has 1 amide bonds. The maximum atomic E-state index is 13.3. The van der Waals surface area contributed by atoms with E-state index in [2.05, 4.69) is 5.32 Å². The second kappa shape index (κ2) is 4.66. The largest absolute Gasteiger partial charge is 0.379 e. The molecule has 2 aliphatic rings. The Balaban J connectivity index is 1.88. The van der Waals surface area contributed by atoms with Gasteiger partial charge in [0, 0.05) is 6.61 Å². The average Bonchev–Trinajstić information content (AvgIpc) is 2.97. The third-order valence-corrected chi connectivity index (χ3v) is 3.48. The average molecular weight is 250 g/mol. The van der Waals surface area contributed by atoms with Crippen LogP contribution in [0.3, 0.4) is 0 Å². The lowest BCUT2D eigenvalue weighted by Gasteiger charge is -2.29. The van der Waals surface area contributed by atoms with Gasteiger partial charge in [0.25, 0.3) is 0 Å². The number of nitrogens with one attached hydrogen (secondary N) is 1. The Morgan fingerprint density at radius 2 is 2.33 bits per heavy atom. The molecule has 2 fully saturated rings. The zero-order valence-electron chi connectivity index (χ0n) is 9.93. The van der Waals surface area contributed by atoms with Crippen LogP contribution in [0.2, 0.25) is 0 Å². The highest BCUT2D eigenvalue weighted by atomic mass is 19.1. The zero-order valence-corrected chi connectivity index (χ0v) is 9.93. The zero-order chi connectivity index (χ0) is 12.5. The van der Waals surface area contributed by atoms with Gasteiger partial charge in [0.15, 0.2) is 0 Å². The number of rotatable bonds is 2. The summed E-state index contributed by atoms with van der Waals surface area (Å²) < 4.78 is 18.6. The van der Waals surface area contributed by atoms with Crippen LogP contribution in [0.4, 0.5) is 4.39 Å². The lowest BCUT2D eigenvalue weighted by molar-refractivity contribution is -0.130. The van der Waals surface area contributed by atoms with Crippen LogP contribution >= 0.6 is 0 Å². The number of benzene rings is 1. The molecule has 5 heteroatoms. The highest BCUT2D eigenvalue weighted by Crippen LogP contribution is 2.28. The first-order valence-electron chi connectivity index (χ1n) is 6.13. The number of carbonyl (C=O) groups excluding carboxylic acids is 1. The van der Waals surface area contributed by atoms with Crippen LogP contribution < -0.4 is 5.32 Å². The van der Waals surface area contributed by atoms with Crippen molar-refractivity contribution in [3.63, 3.8) is 0 Å². The Labute approximate surface area is 105 Å². The first kappa shape index (κ1) is 11.6. The third kappa shape index (κ3) is 2.00. The van der Waals surface area contributed by atoms with Crippen LogP contribution in [-0.4, -0.2) is 36.6 Å². The number of carbonyl (C=O) groups is 1. The number of amides is 1. The van der Waals surface area contributed by atoms with E-state index in [1.165, 1.54) is 12.1 Å². The predicted molar refractivity (Wildman–Crippen MR) is 63.2 cm³/mol. The van der Waals surface area contributed by atoms with Crippen molar-refractivity contribution in [3.05, 3.63) is 35.6 Å². The molecule has 0 aliphatic carbocycles. The molecule has 2 unspecified atom stereocenters. The number of halogens is 1. The Hall–Kier alpha value is -1.46. The van der Waals surface area contributed by atoms with Gasteiger partial charge in [-0.05, 0) is 24.1 Å². The molecule has 4 nitrogen and oxygen atoms in total. The van der Waals surface area contributed by atoms with E-state index < -0.39 is 0 Å². The smallest absolute Gasteiger partial charge is 0.238 e. The van der Waals surface area contributed by atoms with Gasteiger partial charge in [-0.1, -0.05) is 12.1 Å². The van der Waals surface area contributed by atoms with Crippen LogP contribution in [0, 0.1) is 5.82 Å². The van der Waals surface area contributed by atoms with E-state index >= 15 is 0 Å². The molecule has 1 aromatic carbocycles. The second-order valence-corrected chi connectivity index (χ2v) is 4.66. The lowest BCUT2D eigenvalue weighted by Crippen LogP contribution is -2.40. The Bertz CT molecular complexity index is 460. The number of hydrogen-bond acceptors (Lipinski definition) is 3. The molecule has 0 bridgehead atoms. The minimum Gasteiger partial charge on any atom is -0.379 e. The fourth-order valence-corrected chi connectivity index (χ4v) is 2.63. The van der Waals surface area contributed by atoms with Crippen molar-refractivity contribution in [2.24, 2.45) is 0 Å². The molecule has 2 heterocycles. The minimum atomic E-state index is -0.281. The summed E-state index contributed by atoms with van der Waals surface area (Å²) in [5.41, 5.74) is 0.785. The van der Waals surface area contributed by atoms with Crippen LogP contribution in [0.1, 0.15) is 18.2 Å². The van der Waals surface area contributed by atoms with Gasteiger partial charge in [0.05, 0.1) is 19.2 Å². The molecule has 2 saturated heterocycles. The van der Waals surface area contributed by atoms with Crippen molar-refractivity contribution in [2.75, 3.05) is 19.8 Å². The minimum absolute atomic E-state index is 0.0553. The molecule has 0 radical (unpaired) electrons. The quantitative estimate of drug-likeness (QED) is 0.853. The van der Waals surface area contributed by atoms with Crippen molar-refractivity contribution < 1.29 is 13.9 Å². The van der Waals surface area contributed by atoms with E-state index in [9.17, 15) is 9.18 Å². The molecule has 96 valence electrons. The maximum absolute atomic E-state index is 13.3. The molecule has 1 N–H and O–H groups in total. The molecule has 3 rings (SSSR count). The number of hydrogen-bond donors (Lipinski definition) is 1. The second-order valence-electron chi connectivity index (χ2n) is 4.66. The van der Waals surface area contributed by atoms with Crippen LogP contribution in [0.5, 0.6) is 0 Å². The van der Waals surface area contributed by atoms with E-state index in [0.717, 1.165) is 12.0 Å². The molecule has 0 spiro atoms.